The van der Waals surface area contributed by atoms with Crippen molar-refractivity contribution >= 4 is 11.8 Å². The lowest BCUT2D eigenvalue weighted by atomic mass is 10.4. The van der Waals surface area contributed by atoms with Gasteiger partial charge in [0.15, 0.2) is 0 Å². The van der Waals surface area contributed by atoms with Gasteiger partial charge in [0.25, 0.3) is 5.82 Å². The van der Waals surface area contributed by atoms with Gasteiger partial charge >= 0.3 is 5.97 Å². The Labute approximate surface area is 103 Å². The Balaban J connectivity index is 1.83. The summed E-state index contributed by atoms with van der Waals surface area (Å²) in [6.07, 6.45) is 4.13. The van der Waals surface area contributed by atoms with Crippen LogP contribution in [0.3, 0.4) is 0 Å². The zero-order valence-electron chi connectivity index (χ0n) is 9.98. The van der Waals surface area contributed by atoms with Gasteiger partial charge in [-0.3, -0.25) is 9.36 Å². The summed E-state index contributed by atoms with van der Waals surface area (Å²) in [4.78, 5) is 15.0. The number of esters is 1. The summed E-state index contributed by atoms with van der Waals surface area (Å²) in [6, 6.07) is 1.74. The van der Waals surface area contributed by atoms with Crippen molar-refractivity contribution in [3.63, 3.8) is 0 Å². The Morgan fingerprint density at radius 1 is 1.39 bits per heavy atom. The maximum atomic E-state index is 11.1. The highest BCUT2D eigenvalue weighted by molar-refractivity contribution is 5.84. The number of methoxy groups -OCH3 is 1. The Morgan fingerprint density at radius 2 is 2.17 bits per heavy atom. The highest BCUT2D eigenvalue weighted by Crippen LogP contribution is 1.99. The van der Waals surface area contributed by atoms with Crippen LogP contribution in [-0.4, -0.2) is 37.6 Å². The van der Waals surface area contributed by atoms with Gasteiger partial charge in [0.2, 0.25) is 0 Å². The van der Waals surface area contributed by atoms with Gasteiger partial charge in [-0.25, -0.2) is 9.78 Å². The van der Waals surface area contributed by atoms with Crippen molar-refractivity contribution in [3.8, 4) is 0 Å². The van der Waals surface area contributed by atoms with Crippen LogP contribution in [0.15, 0.2) is 18.6 Å². The van der Waals surface area contributed by atoms with Gasteiger partial charge in [-0.2, -0.15) is 5.10 Å². The lowest BCUT2D eigenvalue weighted by Crippen LogP contribution is -2.08. The fourth-order valence-corrected chi connectivity index (χ4v) is 1.48. The van der Waals surface area contributed by atoms with Gasteiger partial charge in [-0.1, -0.05) is 0 Å². The molecule has 0 aliphatic carbocycles. The quantitative estimate of drug-likeness (QED) is 0.746. The SMILES string of the molecule is COC(=O)c1ncn(CCCn2ccc(N)n2)n1. The summed E-state index contributed by atoms with van der Waals surface area (Å²) in [7, 11) is 1.30. The van der Waals surface area contributed by atoms with Crippen LogP contribution in [0.5, 0.6) is 0 Å². The number of carbonyl (C=O) groups excluding carboxylic acids is 1. The number of nitrogen functional groups attached to an aromatic ring is 1. The van der Waals surface area contributed by atoms with E-state index in [1.807, 2.05) is 6.20 Å². The molecule has 0 fully saturated rings. The highest BCUT2D eigenvalue weighted by atomic mass is 16.5. The van der Waals surface area contributed by atoms with Crippen LogP contribution in [0.4, 0.5) is 5.82 Å². The molecule has 0 spiro atoms. The van der Waals surface area contributed by atoms with Gasteiger partial charge < -0.3 is 10.5 Å². The molecule has 0 amide bonds. The van der Waals surface area contributed by atoms with Crippen molar-refractivity contribution in [2.75, 3.05) is 12.8 Å². The van der Waals surface area contributed by atoms with Crippen LogP contribution >= 0.6 is 0 Å². The van der Waals surface area contributed by atoms with Crippen molar-refractivity contribution in [1.82, 2.24) is 24.5 Å². The van der Waals surface area contributed by atoms with E-state index in [0.717, 1.165) is 13.0 Å². The number of aromatic nitrogens is 5. The summed E-state index contributed by atoms with van der Waals surface area (Å²) in [5.41, 5.74) is 5.50. The van der Waals surface area contributed by atoms with E-state index < -0.39 is 5.97 Å². The van der Waals surface area contributed by atoms with Crippen LogP contribution in [0.2, 0.25) is 0 Å². The first-order valence-electron chi connectivity index (χ1n) is 5.46. The maximum Gasteiger partial charge on any atom is 0.377 e. The number of aryl methyl sites for hydroxylation is 2. The van der Waals surface area contributed by atoms with E-state index in [0.29, 0.717) is 12.4 Å². The minimum Gasteiger partial charge on any atom is -0.463 e. The molecule has 0 radical (unpaired) electrons. The third-order valence-electron chi connectivity index (χ3n) is 2.34. The molecule has 0 aromatic carbocycles. The molecule has 0 saturated carbocycles. The number of anilines is 1. The highest BCUT2D eigenvalue weighted by Gasteiger charge is 2.10. The van der Waals surface area contributed by atoms with Crippen molar-refractivity contribution in [1.29, 1.82) is 0 Å². The average Bonchev–Trinajstić information content (AvgIpc) is 2.98. The Morgan fingerprint density at radius 3 is 2.83 bits per heavy atom. The summed E-state index contributed by atoms with van der Waals surface area (Å²) >= 11 is 0. The third kappa shape index (κ3) is 2.84. The molecule has 0 bridgehead atoms. The lowest BCUT2D eigenvalue weighted by molar-refractivity contribution is 0.0586. The molecular formula is C10H14N6O2. The zero-order valence-corrected chi connectivity index (χ0v) is 9.98. The summed E-state index contributed by atoms with van der Waals surface area (Å²) in [6.45, 7) is 1.37. The van der Waals surface area contributed by atoms with Crippen molar-refractivity contribution in [2.45, 2.75) is 19.5 Å². The van der Waals surface area contributed by atoms with E-state index in [1.54, 1.807) is 15.4 Å². The van der Waals surface area contributed by atoms with Gasteiger partial charge in [0.05, 0.1) is 7.11 Å². The normalized spacial score (nSPS) is 10.5. The van der Waals surface area contributed by atoms with Crippen molar-refractivity contribution in [3.05, 3.63) is 24.4 Å². The largest absolute Gasteiger partial charge is 0.463 e. The molecule has 0 saturated heterocycles. The number of carbonyl (C=O) groups is 1. The van der Waals surface area contributed by atoms with E-state index in [-0.39, 0.29) is 5.82 Å². The average molecular weight is 250 g/mol. The second kappa shape index (κ2) is 5.30. The Kier molecular flexibility index (Phi) is 3.56. The standard InChI is InChI=1S/C10H14N6O2/c1-18-10(17)9-12-7-16(14-9)5-2-4-15-6-3-8(11)13-15/h3,6-7H,2,4-5H2,1H3,(H2,11,13). The number of nitrogens with two attached hydrogens (primary N) is 1. The minimum atomic E-state index is -0.534. The molecule has 2 heterocycles. The molecule has 2 N–H and O–H groups in total. The van der Waals surface area contributed by atoms with Gasteiger partial charge in [0.1, 0.15) is 12.1 Å². The van der Waals surface area contributed by atoms with E-state index in [1.165, 1.54) is 13.4 Å². The smallest absolute Gasteiger partial charge is 0.377 e. The first-order chi connectivity index (χ1) is 8.69. The van der Waals surface area contributed by atoms with E-state index >= 15 is 0 Å². The predicted octanol–water partition coefficient (Wildman–Crippen LogP) is -0.0663. The topological polar surface area (TPSA) is 101 Å². The first-order valence-corrected chi connectivity index (χ1v) is 5.46. The fourth-order valence-electron chi connectivity index (χ4n) is 1.48. The monoisotopic (exact) mass is 250 g/mol. The van der Waals surface area contributed by atoms with Crippen LogP contribution in [0.25, 0.3) is 0 Å². The van der Waals surface area contributed by atoms with Gasteiger partial charge in [0, 0.05) is 19.3 Å². The molecule has 0 atom stereocenters. The molecule has 2 rings (SSSR count). The molecular weight excluding hydrogens is 236 g/mol. The first kappa shape index (κ1) is 12.1. The van der Waals surface area contributed by atoms with Crippen LogP contribution in [-0.2, 0) is 17.8 Å². The van der Waals surface area contributed by atoms with Gasteiger partial charge in [-0.15, -0.1) is 5.10 Å². The Bertz CT molecular complexity index is 532. The molecule has 8 heteroatoms. The summed E-state index contributed by atoms with van der Waals surface area (Å²) < 4.78 is 7.87. The molecule has 18 heavy (non-hydrogen) atoms. The van der Waals surface area contributed by atoms with E-state index in [9.17, 15) is 4.79 Å². The van der Waals surface area contributed by atoms with E-state index in [4.69, 9.17) is 5.73 Å². The minimum absolute atomic E-state index is 0.0702. The molecule has 2 aromatic heterocycles. The van der Waals surface area contributed by atoms with Crippen LogP contribution in [0.1, 0.15) is 17.0 Å². The number of hydrogen-bond donors (Lipinski definition) is 1. The number of rotatable bonds is 5. The van der Waals surface area contributed by atoms with Gasteiger partial charge in [-0.05, 0) is 12.5 Å². The second-order valence-electron chi connectivity index (χ2n) is 3.68. The zero-order chi connectivity index (χ0) is 13.0. The number of hydrogen-bond acceptors (Lipinski definition) is 6. The third-order valence-corrected chi connectivity index (χ3v) is 2.34. The predicted molar refractivity (Wildman–Crippen MR) is 62.6 cm³/mol. The molecule has 0 aliphatic rings. The lowest BCUT2D eigenvalue weighted by Gasteiger charge is -2.01. The van der Waals surface area contributed by atoms with Crippen molar-refractivity contribution in [2.24, 2.45) is 0 Å². The second-order valence-corrected chi connectivity index (χ2v) is 3.68. The maximum absolute atomic E-state index is 11.1. The molecule has 8 nitrogen and oxygen atoms in total. The molecule has 96 valence electrons. The molecule has 0 aliphatic heterocycles. The van der Waals surface area contributed by atoms with Crippen LogP contribution < -0.4 is 5.73 Å². The van der Waals surface area contributed by atoms with Crippen LogP contribution in [0, 0.1) is 0 Å². The molecule has 0 unspecified atom stereocenters. The Hall–Kier alpha value is -2.38. The summed E-state index contributed by atoms with van der Waals surface area (Å²) in [5, 5.41) is 8.06. The summed E-state index contributed by atoms with van der Waals surface area (Å²) in [5.74, 6) is 0.0400. The molecule has 2 aromatic rings. The fraction of sp³-hybridized carbons (Fsp3) is 0.400. The number of nitrogens with zero attached hydrogens (tertiary/aromatic N) is 5. The van der Waals surface area contributed by atoms with Crippen molar-refractivity contribution < 1.29 is 9.53 Å². The van der Waals surface area contributed by atoms with E-state index in [2.05, 4.69) is 19.9 Å². The number of ether oxygens (including phenoxy) is 1.